The summed E-state index contributed by atoms with van der Waals surface area (Å²) in [6.45, 7) is 2.33. The van der Waals surface area contributed by atoms with Crippen LogP contribution in [0, 0.1) is 5.82 Å². The van der Waals surface area contributed by atoms with E-state index in [4.69, 9.17) is 21.1 Å². The second-order valence-electron chi connectivity index (χ2n) is 6.97. The third kappa shape index (κ3) is 4.65. The Morgan fingerprint density at radius 3 is 2.91 bits per heavy atom. The van der Waals surface area contributed by atoms with Crippen LogP contribution in [0.25, 0.3) is 10.9 Å². The summed E-state index contributed by atoms with van der Waals surface area (Å²) in [5.41, 5.74) is 1.48. The van der Waals surface area contributed by atoms with Gasteiger partial charge in [0.2, 0.25) is 0 Å². The molecule has 1 aromatic heterocycles. The third-order valence-electron chi connectivity index (χ3n) is 4.63. The van der Waals surface area contributed by atoms with Crippen LogP contribution in [-0.4, -0.2) is 41.2 Å². The molecule has 166 valence electrons. The Bertz CT molecular complexity index is 1190. The number of amides is 2. The second kappa shape index (κ2) is 9.23. The Labute approximate surface area is 187 Å². The number of hydrogen-bond acceptors (Lipinski definition) is 7. The molecule has 1 fully saturated rings. The summed E-state index contributed by atoms with van der Waals surface area (Å²) in [5, 5.41) is 8.84. The zero-order valence-electron chi connectivity index (χ0n) is 16.9. The first-order valence-electron chi connectivity index (χ1n) is 9.82. The maximum Gasteiger partial charge on any atom is 0.407 e. The minimum absolute atomic E-state index is 0.0302. The SMILES string of the molecule is CCCOc1cc2ncnc(Nc3ccc(F)c(Cl)c3)c2cc1NC(=O)[C@H]1COC(=O)N1. The van der Waals surface area contributed by atoms with E-state index < -0.39 is 23.9 Å². The molecule has 0 aliphatic carbocycles. The van der Waals surface area contributed by atoms with Crippen LogP contribution in [0.2, 0.25) is 5.02 Å². The van der Waals surface area contributed by atoms with E-state index in [2.05, 4.69) is 25.9 Å². The van der Waals surface area contributed by atoms with Crippen molar-refractivity contribution < 1.29 is 23.5 Å². The Morgan fingerprint density at radius 1 is 1.34 bits per heavy atom. The van der Waals surface area contributed by atoms with E-state index in [0.29, 0.717) is 40.5 Å². The molecule has 2 amide bonds. The first kappa shape index (κ1) is 21.6. The molecule has 1 saturated heterocycles. The van der Waals surface area contributed by atoms with Crippen LogP contribution in [0.3, 0.4) is 0 Å². The van der Waals surface area contributed by atoms with Gasteiger partial charge in [-0.1, -0.05) is 18.5 Å². The van der Waals surface area contributed by atoms with Gasteiger partial charge in [-0.25, -0.2) is 19.2 Å². The molecule has 1 aliphatic heterocycles. The van der Waals surface area contributed by atoms with E-state index >= 15 is 0 Å². The zero-order chi connectivity index (χ0) is 22.7. The van der Waals surface area contributed by atoms with Crippen LogP contribution in [-0.2, 0) is 9.53 Å². The quantitative estimate of drug-likeness (QED) is 0.489. The van der Waals surface area contributed by atoms with Crippen LogP contribution >= 0.6 is 11.6 Å². The predicted octanol–water partition coefficient (Wildman–Crippen LogP) is 4.00. The summed E-state index contributed by atoms with van der Waals surface area (Å²) in [4.78, 5) is 32.4. The largest absolute Gasteiger partial charge is 0.491 e. The van der Waals surface area contributed by atoms with Gasteiger partial charge in [0.15, 0.2) is 0 Å². The lowest BCUT2D eigenvalue weighted by Gasteiger charge is -2.16. The van der Waals surface area contributed by atoms with Gasteiger partial charge in [0.25, 0.3) is 5.91 Å². The second-order valence-corrected chi connectivity index (χ2v) is 7.38. The normalized spacial score (nSPS) is 15.2. The zero-order valence-corrected chi connectivity index (χ0v) is 17.7. The maximum absolute atomic E-state index is 13.5. The molecule has 2 aromatic carbocycles. The topological polar surface area (TPSA) is 114 Å². The van der Waals surface area contributed by atoms with Gasteiger partial charge in [-0.3, -0.25) is 4.79 Å². The van der Waals surface area contributed by atoms with Crippen molar-refractivity contribution >= 4 is 51.7 Å². The molecule has 1 aliphatic rings. The van der Waals surface area contributed by atoms with Crippen molar-refractivity contribution in [3.63, 3.8) is 0 Å². The van der Waals surface area contributed by atoms with E-state index in [1.54, 1.807) is 12.1 Å². The highest BCUT2D eigenvalue weighted by Gasteiger charge is 2.29. The first-order chi connectivity index (χ1) is 15.4. The molecule has 0 bridgehead atoms. The number of carbonyl (C=O) groups is 2. The minimum atomic E-state index is -0.816. The van der Waals surface area contributed by atoms with Crippen molar-refractivity contribution in [1.82, 2.24) is 15.3 Å². The maximum atomic E-state index is 13.5. The average Bonchev–Trinajstić information content (AvgIpc) is 3.22. The van der Waals surface area contributed by atoms with Gasteiger partial charge in [0.1, 0.15) is 36.4 Å². The van der Waals surface area contributed by atoms with Crippen LogP contribution in [0.5, 0.6) is 5.75 Å². The van der Waals surface area contributed by atoms with E-state index in [1.165, 1.54) is 24.5 Å². The molecule has 0 radical (unpaired) electrons. The number of cyclic esters (lactones) is 1. The van der Waals surface area contributed by atoms with Gasteiger partial charge in [-0.2, -0.15) is 0 Å². The number of nitrogens with one attached hydrogen (secondary N) is 3. The first-order valence-corrected chi connectivity index (χ1v) is 10.2. The fourth-order valence-electron chi connectivity index (χ4n) is 3.07. The van der Waals surface area contributed by atoms with Gasteiger partial charge >= 0.3 is 6.09 Å². The Hall–Kier alpha value is -3.66. The monoisotopic (exact) mass is 459 g/mol. The lowest BCUT2D eigenvalue weighted by Crippen LogP contribution is -2.38. The van der Waals surface area contributed by atoms with Crippen molar-refractivity contribution in [2.75, 3.05) is 23.8 Å². The van der Waals surface area contributed by atoms with Crippen LogP contribution < -0.4 is 20.7 Å². The minimum Gasteiger partial charge on any atom is -0.491 e. The summed E-state index contributed by atoms with van der Waals surface area (Å²) < 4.78 is 24.1. The molecule has 11 heteroatoms. The van der Waals surface area contributed by atoms with Gasteiger partial charge in [-0.05, 0) is 30.7 Å². The fourth-order valence-corrected chi connectivity index (χ4v) is 3.25. The summed E-state index contributed by atoms with van der Waals surface area (Å²) in [6.07, 6.45) is 1.49. The number of ether oxygens (including phenoxy) is 2. The smallest absolute Gasteiger partial charge is 0.407 e. The summed E-state index contributed by atoms with van der Waals surface area (Å²) in [5.74, 6) is -0.135. The summed E-state index contributed by atoms with van der Waals surface area (Å²) in [6, 6.07) is 6.75. The van der Waals surface area contributed by atoms with Crippen molar-refractivity contribution in [2.24, 2.45) is 0 Å². The highest BCUT2D eigenvalue weighted by Crippen LogP contribution is 2.34. The van der Waals surface area contributed by atoms with Gasteiger partial charge in [0.05, 0.1) is 22.8 Å². The number of halogens is 2. The van der Waals surface area contributed by atoms with Crippen LogP contribution in [0.4, 0.5) is 26.4 Å². The molecule has 1 atom stereocenters. The summed E-state index contributed by atoms with van der Waals surface area (Å²) >= 11 is 5.87. The number of carbonyl (C=O) groups excluding carboxylic acids is 2. The molecule has 0 unspecified atom stereocenters. The predicted molar refractivity (Wildman–Crippen MR) is 117 cm³/mol. The average molecular weight is 460 g/mol. The Morgan fingerprint density at radius 2 is 2.19 bits per heavy atom. The highest BCUT2D eigenvalue weighted by atomic mass is 35.5. The van der Waals surface area contributed by atoms with Crippen molar-refractivity contribution in [2.45, 2.75) is 19.4 Å². The number of hydrogen-bond donors (Lipinski definition) is 3. The van der Waals surface area contributed by atoms with Crippen molar-refractivity contribution in [1.29, 1.82) is 0 Å². The van der Waals surface area contributed by atoms with Gasteiger partial charge < -0.3 is 25.4 Å². The Balaban J connectivity index is 1.70. The number of nitrogens with zero attached hydrogens (tertiary/aromatic N) is 2. The lowest BCUT2D eigenvalue weighted by atomic mass is 10.1. The number of aromatic nitrogens is 2. The molecule has 9 nitrogen and oxygen atoms in total. The Kier molecular flexibility index (Phi) is 6.22. The van der Waals surface area contributed by atoms with Crippen LogP contribution in [0.15, 0.2) is 36.7 Å². The molecule has 2 heterocycles. The third-order valence-corrected chi connectivity index (χ3v) is 4.92. The van der Waals surface area contributed by atoms with Crippen molar-refractivity contribution in [3.05, 3.63) is 47.5 Å². The fraction of sp³-hybridized carbons (Fsp3) is 0.238. The van der Waals surface area contributed by atoms with E-state index in [9.17, 15) is 14.0 Å². The van der Waals surface area contributed by atoms with Crippen molar-refractivity contribution in [3.8, 4) is 5.75 Å². The summed E-state index contributed by atoms with van der Waals surface area (Å²) in [7, 11) is 0. The van der Waals surface area contributed by atoms with E-state index in [-0.39, 0.29) is 11.6 Å². The number of anilines is 3. The lowest BCUT2D eigenvalue weighted by molar-refractivity contribution is -0.117. The van der Waals surface area contributed by atoms with E-state index in [1.807, 2.05) is 6.92 Å². The number of alkyl carbamates (subject to hydrolysis) is 1. The molecule has 3 N–H and O–H groups in total. The van der Waals surface area contributed by atoms with Gasteiger partial charge in [0, 0.05) is 17.1 Å². The molecular weight excluding hydrogens is 441 g/mol. The standard InChI is InChI=1S/C21H19ClFN5O4/c1-2-5-31-18-8-15-12(7-16(18)27-20(29)17-9-32-21(30)28-17)19(25-10-24-15)26-11-3-4-14(23)13(22)6-11/h3-4,6-8,10,17H,2,5,9H2,1H3,(H,27,29)(H,28,30)(H,24,25,26)/t17-/m1/s1. The van der Waals surface area contributed by atoms with E-state index in [0.717, 1.165) is 6.42 Å². The molecule has 32 heavy (non-hydrogen) atoms. The number of rotatable bonds is 7. The molecule has 0 spiro atoms. The van der Waals surface area contributed by atoms with Crippen LogP contribution in [0.1, 0.15) is 13.3 Å². The molecule has 3 aromatic rings. The van der Waals surface area contributed by atoms with Gasteiger partial charge in [-0.15, -0.1) is 0 Å². The molecule has 4 rings (SSSR count). The number of benzene rings is 2. The molecular formula is C21H19ClFN5O4. The number of fused-ring (bicyclic) bond motifs is 1. The molecule has 0 saturated carbocycles. The highest BCUT2D eigenvalue weighted by molar-refractivity contribution is 6.31.